The minimum Gasteiger partial charge on any atom is -0.344 e. The molecule has 156 valence electrons. The van der Waals surface area contributed by atoms with E-state index in [2.05, 4.69) is 10.4 Å². The van der Waals surface area contributed by atoms with Gasteiger partial charge < -0.3 is 5.32 Å². The van der Waals surface area contributed by atoms with E-state index in [9.17, 15) is 13.2 Å². The Bertz CT molecular complexity index is 1150. The Kier molecular flexibility index (Phi) is 5.47. The van der Waals surface area contributed by atoms with Gasteiger partial charge in [-0.3, -0.25) is 9.48 Å². The molecule has 0 bridgehead atoms. The zero-order valence-corrected chi connectivity index (χ0v) is 17.9. The van der Waals surface area contributed by atoms with Crippen LogP contribution in [0.1, 0.15) is 47.0 Å². The van der Waals surface area contributed by atoms with Crippen molar-refractivity contribution in [3.63, 3.8) is 0 Å². The number of amides is 1. The van der Waals surface area contributed by atoms with Gasteiger partial charge in [0.15, 0.2) is 15.5 Å². The Balaban J connectivity index is 1.66. The largest absolute Gasteiger partial charge is 0.344 e. The van der Waals surface area contributed by atoms with Gasteiger partial charge in [-0.15, -0.1) is 0 Å². The quantitative estimate of drug-likeness (QED) is 0.678. The summed E-state index contributed by atoms with van der Waals surface area (Å²) in [5, 5.41) is 7.53. The van der Waals surface area contributed by atoms with E-state index in [0.717, 1.165) is 22.4 Å². The van der Waals surface area contributed by atoms with Crippen molar-refractivity contribution in [1.29, 1.82) is 0 Å². The Morgan fingerprint density at radius 2 is 1.83 bits per heavy atom. The molecule has 7 heteroatoms. The highest BCUT2D eigenvalue weighted by atomic mass is 32.2. The number of hydrogen-bond acceptors (Lipinski definition) is 4. The molecule has 1 saturated heterocycles. The minimum absolute atomic E-state index is 0.0506. The fourth-order valence-electron chi connectivity index (χ4n) is 3.79. The van der Waals surface area contributed by atoms with Crippen molar-refractivity contribution >= 4 is 15.7 Å². The second kappa shape index (κ2) is 8.07. The highest BCUT2D eigenvalue weighted by Gasteiger charge is 2.32. The highest BCUT2D eigenvalue weighted by molar-refractivity contribution is 7.91. The first kappa shape index (κ1) is 20.3. The molecule has 1 fully saturated rings. The number of nitrogens with one attached hydrogen (secondary N) is 1. The first-order valence-electron chi connectivity index (χ1n) is 10.1. The predicted octanol–water partition coefficient (Wildman–Crippen LogP) is 3.71. The van der Waals surface area contributed by atoms with Gasteiger partial charge in [0.2, 0.25) is 0 Å². The van der Waals surface area contributed by atoms with Crippen LogP contribution in [-0.4, -0.2) is 35.6 Å². The van der Waals surface area contributed by atoms with Gasteiger partial charge in [0.25, 0.3) is 5.91 Å². The molecular weight excluding hydrogens is 398 g/mol. The third kappa shape index (κ3) is 4.31. The van der Waals surface area contributed by atoms with Crippen molar-refractivity contribution in [2.24, 2.45) is 0 Å². The monoisotopic (exact) mass is 423 g/mol. The maximum atomic E-state index is 12.9. The fourth-order valence-corrected chi connectivity index (χ4v) is 5.48. The molecule has 6 nitrogen and oxygen atoms in total. The summed E-state index contributed by atoms with van der Waals surface area (Å²) in [7, 11) is -3.08. The SMILES string of the molecule is Cc1ccc(-c2cc(C(=O)N[C@@H](C)c3ccccc3)nn2[C@H]2CCS(=O)(=O)C2)cc1. The van der Waals surface area contributed by atoms with E-state index >= 15 is 0 Å². The smallest absolute Gasteiger partial charge is 0.272 e. The molecule has 2 atom stereocenters. The number of aromatic nitrogens is 2. The molecule has 2 aromatic carbocycles. The van der Waals surface area contributed by atoms with Gasteiger partial charge >= 0.3 is 0 Å². The number of rotatable bonds is 5. The molecule has 1 aliphatic heterocycles. The summed E-state index contributed by atoms with van der Waals surface area (Å²) in [4.78, 5) is 12.9. The van der Waals surface area contributed by atoms with E-state index in [1.807, 2.05) is 68.4 Å². The van der Waals surface area contributed by atoms with Crippen LogP contribution in [0, 0.1) is 6.92 Å². The Labute approximate surface area is 176 Å². The summed E-state index contributed by atoms with van der Waals surface area (Å²) in [6.45, 7) is 3.93. The molecule has 1 aliphatic rings. The number of hydrogen-bond donors (Lipinski definition) is 1. The van der Waals surface area contributed by atoms with Crippen molar-refractivity contribution in [2.75, 3.05) is 11.5 Å². The van der Waals surface area contributed by atoms with Crippen LogP contribution in [0.25, 0.3) is 11.3 Å². The van der Waals surface area contributed by atoms with Crippen molar-refractivity contribution in [3.8, 4) is 11.3 Å². The van der Waals surface area contributed by atoms with Gasteiger partial charge in [0.1, 0.15) is 0 Å². The Morgan fingerprint density at radius 3 is 2.47 bits per heavy atom. The molecular formula is C23H25N3O3S. The van der Waals surface area contributed by atoms with E-state index in [0.29, 0.717) is 6.42 Å². The lowest BCUT2D eigenvalue weighted by molar-refractivity contribution is 0.0933. The molecule has 0 saturated carbocycles. The van der Waals surface area contributed by atoms with Gasteiger partial charge in [0, 0.05) is 0 Å². The molecule has 0 aliphatic carbocycles. The average Bonchev–Trinajstić information content (AvgIpc) is 3.32. The fraction of sp³-hybridized carbons (Fsp3) is 0.304. The van der Waals surface area contributed by atoms with Gasteiger partial charge in [-0.2, -0.15) is 5.10 Å². The molecule has 30 heavy (non-hydrogen) atoms. The summed E-state index contributed by atoms with van der Waals surface area (Å²) < 4.78 is 25.8. The number of carbonyl (C=O) groups is 1. The van der Waals surface area contributed by atoms with E-state index in [-0.39, 0.29) is 35.2 Å². The van der Waals surface area contributed by atoms with Crippen LogP contribution < -0.4 is 5.32 Å². The Morgan fingerprint density at radius 1 is 1.13 bits per heavy atom. The summed E-state index contributed by atoms with van der Waals surface area (Å²) in [5.74, 6) is -0.0776. The van der Waals surface area contributed by atoms with Crippen LogP contribution >= 0.6 is 0 Å². The molecule has 1 N–H and O–H groups in total. The maximum absolute atomic E-state index is 12.9. The third-order valence-corrected chi connectivity index (χ3v) is 7.27. The van der Waals surface area contributed by atoms with Crippen molar-refractivity contribution < 1.29 is 13.2 Å². The lowest BCUT2D eigenvalue weighted by atomic mass is 10.1. The first-order valence-corrected chi connectivity index (χ1v) is 11.9. The maximum Gasteiger partial charge on any atom is 0.272 e. The first-order chi connectivity index (χ1) is 14.3. The van der Waals surface area contributed by atoms with Gasteiger partial charge in [0.05, 0.1) is 29.3 Å². The van der Waals surface area contributed by atoms with Crippen LogP contribution in [0.4, 0.5) is 0 Å². The molecule has 0 spiro atoms. The number of nitrogens with zero attached hydrogens (tertiary/aromatic N) is 2. The second-order valence-corrected chi connectivity index (χ2v) is 10.1. The van der Waals surface area contributed by atoms with E-state index in [1.54, 1.807) is 10.7 Å². The predicted molar refractivity (Wildman–Crippen MR) is 117 cm³/mol. The molecule has 0 unspecified atom stereocenters. The van der Waals surface area contributed by atoms with Gasteiger partial charge in [-0.05, 0) is 37.5 Å². The van der Waals surface area contributed by atoms with Crippen molar-refractivity contribution in [3.05, 3.63) is 77.5 Å². The average molecular weight is 424 g/mol. The van der Waals surface area contributed by atoms with E-state index in [4.69, 9.17) is 0 Å². The Hall–Kier alpha value is -2.93. The third-order valence-electron chi connectivity index (χ3n) is 5.52. The van der Waals surface area contributed by atoms with Crippen LogP contribution in [0.2, 0.25) is 0 Å². The summed E-state index contributed by atoms with van der Waals surface area (Å²) in [6.07, 6.45) is 0.504. The normalized spacial score (nSPS) is 18.8. The van der Waals surface area contributed by atoms with Gasteiger partial charge in [-0.25, -0.2) is 8.42 Å². The molecule has 3 aromatic rings. The standard InChI is InChI=1S/C23H25N3O3S/c1-16-8-10-19(11-9-16)22-14-21(25-26(22)20-12-13-30(28,29)15-20)23(27)24-17(2)18-6-4-3-5-7-18/h3-11,14,17,20H,12-13,15H2,1-2H3,(H,24,27)/t17-,20-/m0/s1. The molecule has 1 aromatic heterocycles. The lowest BCUT2D eigenvalue weighted by Gasteiger charge is -2.14. The highest BCUT2D eigenvalue weighted by Crippen LogP contribution is 2.30. The number of sulfone groups is 1. The summed E-state index contributed by atoms with van der Waals surface area (Å²) in [6, 6.07) is 19.0. The number of carbonyl (C=O) groups excluding carboxylic acids is 1. The summed E-state index contributed by atoms with van der Waals surface area (Å²) in [5.41, 5.74) is 4.09. The van der Waals surface area contributed by atoms with Gasteiger partial charge in [-0.1, -0.05) is 60.2 Å². The second-order valence-electron chi connectivity index (χ2n) is 7.89. The summed E-state index contributed by atoms with van der Waals surface area (Å²) >= 11 is 0. The number of benzene rings is 2. The number of aryl methyl sites for hydroxylation is 1. The lowest BCUT2D eigenvalue weighted by Crippen LogP contribution is -2.27. The minimum atomic E-state index is -3.08. The molecule has 1 amide bonds. The molecule has 4 rings (SSSR count). The van der Waals surface area contributed by atoms with Crippen LogP contribution in [-0.2, 0) is 9.84 Å². The van der Waals surface area contributed by atoms with Crippen molar-refractivity contribution in [2.45, 2.75) is 32.4 Å². The van der Waals surface area contributed by atoms with E-state index < -0.39 is 9.84 Å². The van der Waals surface area contributed by atoms with Crippen LogP contribution in [0.15, 0.2) is 60.7 Å². The zero-order valence-electron chi connectivity index (χ0n) is 17.1. The molecule has 0 radical (unpaired) electrons. The van der Waals surface area contributed by atoms with Crippen LogP contribution in [0.5, 0.6) is 0 Å². The topological polar surface area (TPSA) is 81.1 Å². The van der Waals surface area contributed by atoms with Crippen molar-refractivity contribution in [1.82, 2.24) is 15.1 Å². The zero-order chi connectivity index (χ0) is 21.3. The van der Waals surface area contributed by atoms with E-state index in [1.165, 1.54) is 0 Å². The van der Waals surface area contributed by atoms with Crippen LogP contribution in [0.3, 0.4) is 0 Å². The molecule has 2 heterocycles.